The second kappa shape index (κ2) is 7.25. The molecule has 0 bridgehead atoms. The lowest BCUT2D eigenvalue weighted by molar-refractivity contribution is 0.217. The summed E-state index contributed by atoms with van der Waals surface area (Å²) in [6.45, 7) is 17.0. The number of terminal acetylenes is 1. The molecule has 1 aliphatic rings. The van der Waals surface area contributed by atoms with Gasteiger partial charge in [-0.25, -0.2) is 0 Å². The Hall–Kier alpha value is -0.0231. The van der Waals surface area contributed by atoms with E-state index in [1.54, 1.807) is 11.8 Å². The van der Waals surface area contributed by atoms with Crippen LogP contribution < -0.4 is 0 Å². The Balaban J connectivity index is 3.19. The van der Waals surface area contributed by atoms with Crippen molar-refractivity contribution in [2.45, 2.75) is 68.9 Å². The molecule has 1 fully saturated rings. The van der Waals surface area contributed by atoms with Crippen LogP contribution in [0.5, 0.6) is 0 Å². The van der Waals surface area contributed by atoms with E-state index in [-0.39, 0.29) is 5.04 Å². The highest BCUT2D eigenvalue weighted by molar-refractivity contribution is 8.13. The van der Waals surface area contributed by atoms with E-state index in [0.717, 1.165) is 17.7 Å². The number of hydrogen-bond donors (Lipinski definition) is 0. The van der Waals surface area contributed by atoms with E-state index >= 15 is 0 Å². The summed E-state index contributed by atoms with van der Waals surface area (Å²) in [5, 5.41) is 0.0767. The quantitative estimate of drug-likeness (QED) is 0.409. The molecule has 0 amide bonds. The lowest BCUT2D eigenvalue weighted by Crippen LogP contribution is -2.54. The molecule has 0 aromatic carbocycles. The second-order valence-corrected chi connectivity index (χ2v) is 15.9. The third kappa shape index (κ3) is 4.28. The molecule has 1 aliphatic heterocycles. The third-order valence-electron chi connectivity index (χ3n) is 4.52. The minimum atomic E-state index is -2.02. The molecule has 3 unspecified atom stereocenters. The van der Waals surface area contributed by atoms with E-state index in [1.165, 1.54) is 0 Å². The van der Waals surface area contributed by atoms with Gasteiger partial charge in [-0.1, -0.05) is 32.3 Å². The van der Waals surface area contributed by atoms with E-state index in [0.29, 0.717) is 12.2 Å². The first-order valence-electron chi connectivity index (χ1n) is 7.77. The van der Waals surface area contributed by atoms with E-state index in [4.69, 9.17) is 10.8 Å². The van der Waals surface area contributed by atoms with Crippen molar-refractivity contribution in [1.82, 2.24) is 0 Å². The Morgan fingerprint density at radius 2 is 2.14 bits per heavy atom. The Morgan fingerprint density at radius 1 is 1.55 bits per heavy atom. The van der Waals surface area contributed by atoms with Gasteiger partial charge in [-0.15, -0.1) is 24.8 Å². The summed E-state index contributed by atoms with van der Waals surface area (Å²) in [5.41, 5.74) is 1.02. The fourth-order valence-corrected chi connectivity index (χ4v) is 7.59. The maximum atomic E-state index is 12.9. The van der Waals surface area contributed by atoms with Crippen molar-refractivity contribution < 1.29 is 8.63 Å². The SMILES string of the molecule is C#CC(O[Si](C)(C)C(C)(C)C)C1(CC(=C)C)SCCCS1=O. The summed E-state index contributed by atoms with van der Waals surface area (Å²) in [4.78, 5) is 0. The Labute approximate surface area is 144 Å². The van der Waals surface area contributed by atoms with E-state index < -0.39 is 29.3 Å². The Bertz CT molecular complexity index is 488. The van der Waals surface area contributed by atoms with Gasteiger partial charge in [0.15, 0.2) is 8.32 Å². The molecule has 0 spiro atoms. The van der Waals surface area contributed by atoms with Crippen LogP contribution >= 0.6 is 11.8 Å². The minimum Gasteiger partial charge on any atom is -0.401 e. The van der Waals surface area contributed by atoms with Gasteiger partial charge in [0.25, 0.3) is 0 Å². The summed E-state index contributed by atoms with van der Waals surface area (Å²) in [7, 11) is -3.01. The molecule has 0 N–H and O–H groups in total. The Morgan fingerprint density at radius 3 is 2.55 bits per heavy atom. The van der Waals surface area contributed by atoms with Crippen molar-refractivity contribution >= 4 is 30.9 Å². The van der Waals surface area contributed by atoms with Gasteiger partial charge in [-0.05, 0) is 43.7 Å². The van der Waals surface area contributed by atoms with Crippen LogP contribution in [0.4, 0.5) is 0 Å². The lowest BCUT2D eigenvalue weighted by Gasteiger charge is -2.45. The van der Waals surface area contributed by atoms with Gasteiger partial charge in [-0.3, -0.25) is 4.21 Å². The maximum Gasteiger partial charge on any atom is 0.193 e. The molecule has 1 saturated heterocycles. The summed E-state index contributed by atoms with van der Waals surface area (Å²) >= 11 is 1.72. The first-order valence-corrected chi connectivity index (χ1v) is 13.0. The number of allylic oxidation sites excluding steroid dienone is 1. The summed E-state index contributed by atoms with van der Waals surface area (Å²) < 4.78 is 18.9. The fraction of sp³-hybridized carbons (Fsp3) is 0.765. The van der Waals surface area contributed by atoms with Gasteiger partial charge in [0.05, 0.1) is 0 Å². The average Bonchev–Trinajstić information content (AvgIpc) is 2.37. The molecule has 2 nitrogen and oxygen atoms in total. The number of hydrogen-bond acceptors (Lipinski definition) is 3. The van der Waals surface area contributed by atoms with E-state index in [1.807, 2.05) is 6.92 Å². The summed E-state index contributed by atoms with van der Waals surface area (Å²) in [6, 6.07) is 0. The molecule has 3 atom stereocenters. The molecule has 0 radical (unpaired) electrons. The predicted molar refractivity (Wildman–Crippen MR) is 103 cm³/mol. The zero-order valence-electron chi connectivity index (χ0n) is 14.8. The average molecular weight is 359 g/mol. The molecule has 126 valence electrons. The van der Waals surface area contributed by atoms with Gasteiger partial charge in [0.2, 0.25) is 0 Å². The summed E-state index contributed by atoms with van der Waals surface area (Å²) in [5.74, 6) is 4.53. The first kappa shape index (κ1) is 20.0. The molecule has 0 aromatic heterocycles. The van der Waals surface area contributed by atoms with Crippen molar-refractivity contribution in [2.75, 3.05) is 11.5 Å². The Kier molecular flexibility index (Phi) is 6.60. The van der Waals surface area contributed by atoms with Gasteiger partial charge in [0, 0.05) is 16.6 Å². The second-order valence-electron chi connectivity index (χ2n) is 7.62. The van der Waals surface area contributed by atoms with E-state index in [9.17, 15) is 4.21 Å². The molecule has 0 saturated carbocycles. The van der Waals surface area contributed by atoms with Crippen LogP contribution in [0.1, 0.15) is 40.5 Å². The van der Waals surface area contributed by atoms with Gasteiger partial charge in [-0.2, -0.15) is 0 Å². The highest BCUT2D eigenvalue weighted by Gasteiger charge is 2.50. The molecule has 0 aliphatic carbocycles. The van der Waals surface area contributed by atoms with Gasteiger partial charge >= 0.3 is 0 Å². The number of rotatable bonds is 5. The normalized spacial score (nSPS) is 28.0. The van der Waals surface area contributed by atoms with Gasteiger partial charge in [0.1, 0.15) is 10.2 Å². The predicted octanol–water partition coefficient (Wildman–Crippen LogP) is 4.56. The third-order valence-corrected chi connectivity index (χ3v) is 13.0. The topological polar surface area (TPSA) is 26.3 Å². The highest BCUT2D eigenvalue weighted by atomic mass is 32.2. The van der Waals surface area contributed by atoms with Gasteiger partial charge < -0.3 is 4.43 Å². The van der Waals surface area contributed by atoms with Crippen molar-refractivity contribution in [3.8, 4) is 12.3 Å². The first-order chi connectivity index (χ1) is 9.96. The maximum absolute atomic E-state index is 12.9. The van der Waals surface area contributed by atoms with Crippen LogP contribution in [0.25, 0.3) is 0 Å². The smallest absolute Gasteiger partial charge is 0.193 e. The van der Waals surface area contributed by atoms with Crippen LogP contribution in [-0.2, 0) is 15.2 Å². The van der Waals surface area contributed by atoms with Crippen molar-refractivity contribution in [3.05, 3.63) is 12.2 Å². The van der Waals surface area contributed by atoms with Crippen LogP contribution in [0, 0.1) is 12.3 Å². The molecule has 5 heteroatoms. The zero-order valence-corrected chi connectivity index (χ0v) is 17.5. The largest absolute Gasteiger partial charge is 0.401 e. The van der Waals surface area contributed by atoms with Crippen LogP contribution in [0.3, 0.4) is 0 Å². The molecular formula is C17H30O2S2Si. The molecule has 1 heterocycles. The fourth-order valence-electron chi connectivity index (χ4n) is 2.24. The monoisotopic (exact) mass is 358 g/mol. The molecular weight excluding hydrogens is 328 g/mol. The minimum absolute atomic E-state index is 0.0767. The standard InChI is InChI=1S/C17H30O2S2Si/c1-9-15(19-22(7,8)16(4,5)6)17(13-14(2)3)20-11-10-12-21(17)18/h1,15H,2,10-13H2,3-8H3. The zero-order chi connectivity index (χ0) is 17.2. The van der Waals surface area contributed by atoms with Crippen LogP contribution in [0.15, 0.2) is 12.2 Å². The number of thioether (sulfide) groups is 1. The molecule has 0 aromatic rings. The van der Waals surface area contributed by atoms with Crippen molar-refractivity contribution in [3.63, 3.8) is 0 Å². The van der Waals surface area contributed by atoms with Crippen LogP contribution in [0.2, 0.25) is 18.1 Å². The lowest BCUT2D eigenvalue weighted by atomic mass is 10.1. The highest BCUT2D eigenvalue weighted by Crippen LogP contribution is 2.46. The van der Waals surface area contributed by atoms with Crippen molar-refractivity contribution in [1.29, 1.82) is 0 Å². The van der Waals surface area contributed by atoms with Crippen LogP contribution in [-0.4, -0.2) is 34.2 Å². The molecule has 22 heavy (non-hydrogen) atoms. The van der Waals surface area contributed by atoms with E-state index in [2.05, 4.69) is 46.4 Å². The van der Waals surface area contributed by atoms with Crippen molar-refractivity contribution in [2.24, 2.45) is 0 Å². The summed E-state index contributed by atoms with van der Waals surface area (Å²) in [6.07, 6.45) is 7.07. The molecule has 1 rings (SSSR count).